The molecule has 2 aromatic heterocycles. The molecule has 0 unspecified atom stereocenters. The lowest BCUT2D eigenvalue weighted by atomic mass is 9.99. The minimum Gasteiger partial charge on any atom is -0.399 e. The third kappa shape index (κ3) is 4.13. The number of carbonyl (C=O) groups is 1. The van der Waals surface area contributed by atoms with Crippen LogP contribution in [0.1, 0.15) is 27.0 Å². The van der Waals surface area contributed by atoms with Crippen LogP contribution in [0.5, 0.6) is 0 Å². The second-order valence-electron chi connectivity index (χ2n) is 7.12. The number of rotatable bonds is 3. The normalized spacial score (nSPS) is 10.4. The van der Waals surface area contributed by atoms with Crippen molar-refractivity contribution in [3.05, 3.63) is 82.0 Å². The van der Waals surface area contributed by atoms with Crippen molar-refractivity contribution in [2.45, 2.75) is 6.92 Å². The number of aromatic nitrogens is 3. The van der Waals surface area contributed by atoms with E-state index in [4.69, 9.17) is 28.8 Å². The summed E-state index contributed by atoms with van der Waals surface area (Å²) >= 11 is 6.23. The van der Waals surface area contributed by atoms with Crippen molar-refractivity contribution in [1.82, 2.24) is 15.0 Å². The Balaban J connectivity index is 2.01. The first kappa shape index (κ1) is 21.0. The highest BCUT2D eigenvalue weighted by Crippen LogP contribution is 2.35. The summed E-state index contributed by atoms with van der Waals surface area (Å²) < 4.78 is 0. The molecule has 32 heavy (non-hydrogen) atoms. The lowest BCUT2D eigenvalue weighted by molar-refractivity contribution is 0.100. The molecule has 0 fully saturated rings. The average molecular weight is 443 g/mol. The Morgan fingerprint density at radius 1 is 1.03 bits per heavy atom. The van der Waals surface area contributed by atoms with Gasteiger partial charge in [-0.2, -0.15) is 0 Å². The van der Waals surface area contributed by atoms with Gasteiger partial charge in [-0.05, 0) is 55.0 Å². The summed E-state index contributed by atoms with van der Waals surface area (Å²) in [7, 11) is 0. The van der Waals surface area contributed by atoms with Crippen molar-refractivity contribution in [1.29, 1.82) is 0 Å². The van der Waals surface area contributed by atoms with Gasteiger partial charge in [-0.3, -0.25) is 4.79 Å². The molecule has 0 spiro atoms. The van der Waals surface area contributed by atoms with Crippen molar-refractivity contribution in [2.24, 2.45) is 5.73 Å². The molecule has 0 bridgehead atoms. The second kappa shape index (κ2) is 8.46. The molecular weight excluding hydrogens is 424 g/mol. The van der Waals surface area contributed by atoms with Gasteiger partial charge in [0.1, 0.15) is 0 Å². The summed E-state index contributed by atoms with van der Waals surface area (Å²) in [5, 5.41) is 0.526. The summed E-state index contributed by atoms with van der Waals surface area (Å²) in [6.45, 7) is 1.92. The topological polar surface area (TPSA) is 137 Å². The van der Waals surface area contributed by atoms with Crippen molar-refractivity contribution in [2.75, 3.05) is 11.5 Å². The maximum Gasteiger partial charge on any atom is 0.252 e. The molecule has 4 rings (SSSR count). The van der Waals surface area contributed by atoms with Crippen LogP contribution < -0.4 is 17.2 Å². The van der Waals surface area contributed by atoms with E-state index in [1.807, 2.05) is 13.0 Å². The van der Waals surface area contributed by atoms with Crippen LogP contribution in [0, 0.1) is 18.8 Å². The monoisotopic (exact) mass is 442 g/mol. The highest BCUT2D eigenvalue weighted by atomic mass is 35.5. The molecule has 7 nitrogen and oxygen atoms in total. The summed E-state index contributed by atoms with van der Waals surface area (Å²) in [6, 6.07) is 14.2. The number of aromatic amines is 1. The van der Waals surface area contributed by atoms with E-state index in [-0.39, 0.29) is 11.5 Å². The number of aryl methyl sites for hydroxylation is 1. The fraction of sp³-hybridized carbons (Fsp3) is 0.0417. The van der Waals surface area contributed by atoms with Gasteiger partial charge in [-0.15, -0.1) is 0 Å². The van der Waals surface area contributed by atoms with Crippen LogP contribution in [0.3, 0.4) is 0 Å². The van der Waals surface area contributed by atoms with E-state index in [1.165, 1.54) is 6.20 Å². The first-order valence-electron chi connectivity index (χ1n) is 9.62. The van der Waals surface area contributed by atoms with Crippen molar-refractivity contribution >= 4 is 29.1 Å². The number of hydrogen-bond donors (Lipinski definition) is 4. The average Bonchev–Trinajstić information content (AvgIpc) is 3.14. The number of carbonyl (C=O) groups excluding carboxylic acids is 1. The fourth-order valence-corrected chi connectivity index (χ4v) is 3.52. The van der Waals surface area contributed by atoms with E-state index in [9.17, 15) is 4.79 Å². The number of nitrogens with zero attached hydrogens (tertiary/aromatic N) is 2. The number of H-pyrrole nitrogens is 1. The maximum absolute atomic E-state index is 12.6. The van der Waals surface area contributed by atoms with Crippen LogP contribution in [-0.2, 0) is 0 Å². The third-order valence-corrected chi connectivity index (χ3v) is 5.12. The molecule has 2 heterocycles. The lowest BCUT2D eigenvalue weighted by Gasteiger charge is -2.06. The summed E-state index contributed by atoms with van der Waals surface area (Å²) in [5.41, 5.74) is 22.5. The molecule has 0 atom stereocenters. The van der Waals surface area contributed by atoms with Crippen LogP contribution in [0.2, 0.25) is 5.02 Å². The van der Waals surface area contributed by atoms with Crippen molar-refractivity contribution in [3.63, 3.8) is 0 Å². The number of nitrogens with one attached hydrogen (secondary N) is 1. The minimum absolute atomic E-state index is 0.0932. The van der Waals surface area contributed by atoms with Gasteiger partial charge in [0.25, 0.3) is 5.91 Å². The lowest BCUT2D eigenvalue weighted by Crippen LogP contribution is -2.13. The predicted molar refractivity (Wildman–Crippen MR) is 127 cm³/mol. The molecule has 0 saturated heterocycles. The van der Waals surface area contributed by atoms with E-state index in [1.54, 1.807) is 42.5 Å². The Morgan fingerprint density at radius 3 is 2.47 bits per heavy atom. The molecule has 158 valence electrons. The Kier molecular flexibility index (Phi) is 5.54. The maximum atomic E-state index is 12.6. The Labute approximate surface area is 189 Å². The van der Waals surface area contributed by atoms with E-state index in [0.29, 0.717) is 33.4 Å². The highest BCUT2D eigenvalue weighted by molar-refractivity contribution is 6.31. The zero-order valence-electron chi connectivity index (χ0n) is 17.1. The first-order valence-corrected chi connectivity index (χ1v) is 10.00. The Bertz CT molecular complexity index is 1400. The molecule has 7 N–H and O–H groups in total. The zero-order chi connectivity index (χ0) is 22.8. The quantitative estimate of drug-likeness (QED) is 0.283. The molecule has 1 amide bonds. The largest absolute Gasteiger partial charge is 0.399 e. The molecule has 0 aliphatic heterocycles. The van der Waals surface area contributed by atoms with Gasteiger partial charge >= 0.3 is 0 Å². The van der Waals surface area contributed by atoms with Gasteiger partial charge in [0.05, 0.1) is 28.2 Å². The van der Waals surface area contributed by atoms with E-state index in [2.05, 4.69) is 26.8 Å². The van der Waals surface area contributed by atoms with E-state index < -0.39 is 5.91 Å². The predicted octanol–water partition coefficient (Wildman–Crippen LogP) is 3.76. The van der Waals surface area contributed by atoms with E-state index >= 15 is 0 Å². The molecule has 0 saturated carbocycles. The van der Waals surface area contributed by atoms with Crippen LogP contribution >= 0.6 is 11.6 Å². The van der Waals surface area contributed by atoms with Gasteiger partial charge in [-0.25, -0.2) is 9.97 Å². The molecule has 2 aromatic carbocycles. The molecular formula is C24H19ClN6O. The standard InChI is InChI=1S/C24H19ClN6O/c1-13-2-6-15(25)12-18(13)22-20(23(27)32)17(9-5-14-3-7-16(26)8-4-14)21(31-22)19-10-11-29-24(28)30-19/h2-4,6-8,10-12,31H,26H2,1H3,(H2,27,32)(H2,28,29,30). The first-order chi connectivity index (χ1) is 15.3. The number of hydrogen-bond acceptors (Lipinski definition) is 5. The van der Waals surface area contributed by atoms with Crippen molar-refractivity contribution in [3.8, 4) is 34.5 Å². The van der Waals surface area contributed by atoms with Gasteiger partial charge in [0.2, 0.25) is 5.95 Å². The third-order valence-electron chi connectivity index (χ3n) is 4.89. The van der Waals surface area contributed by atoms with Crippen molar-refractivity contribution < 1.29 is 4.79 Å². The van der Waals surface area contributed by atoms with Gasteiger partial charge in [0.15, 0.2) is 0 Å². The van der Waals surface area contributed by atoms with Gasteiger partial charge in [-0.1, -0.05) is 29.5 Å². The van der Waals surface area contributed by atoms with E-state index in [0.717, 1.165) is 16.7 Å². The van der Waals surface area contributed by atoms with Gasteiger partial charge in [0, 0.05) is 28.0 Å². The SMILES string of the molecule is Cc1ccc(Cl)cc1-c1[nH]c(-c2ccnc(N)n2)c(C#Cc2ccc(N)cc2)c1C(N)=O. The van der Waals surface area contributed by atoms with Crippen LogP contribution in [0.15, 0.2) is 54.7 Å². The number of benzene rings is 2. The zero-order valence-corrected chi connectivity index (χ0v) is 17.9. The number of nitrogens with two attached hydrogens (primary N) is 3. The number of amides is 1. The highest BCUT2D eigenvalue weighted by Gasteiger charge is 2.24. The van der Waals surface area contributed by atoms with Gasteiger partial charge < -0.3 is 22.2 Å². The Morgan fingerprint density at radius 2 is 1.78 bits per heavy atom. The number of anilines is 2. The Hall–Kier alpha value is -4.28. The smallest absolute Gasteiger partial charge is 0.252 e. The molecule has 0 radical (unpaired) electrons. The summed E-state index contributed by atoms with van der Waals surface area (Å²) in [4.78, 5) is 24.1. The fourth-order valence-electron chi connectivity index (χ4n) is 3.34. The second-order valence-corrected chi connectivity index (χ2v) is 7.56. The number of nitrogen functional groups attached to an aromatic ring is 2. The molecule has 4 aromatic rings. The summed E-state index contributed by atoms with van der Waals surface area (Å²) in [6.07, 6.45) is 1.53. The molecule has 0 aliphatic rings. The van der Waals surface area contributed by atoms with Crippen LogP contribution in [0.4, 0.5) is 11.6 Å². The number of halogens is 1. The minimum atomic E-state index is -0.634. The van der Waals surface area contributed by atoms with Crippen LogP contribution in [-0.4, -0.2) is 20.9 Å². The van der Waals surface area contributed by atoms with Crippen LogP contribution in [0.25, 0.3) is 22.6 Å². The number of primary amides is 1. The molecule has 0 aliphatic carbocycles. The molecule has 8 heteroatoms. The summed E-state index contributed by atoms with van der Waals surface area (Å²) in [5.74, 6) is 5.61.